The second-order valence-electron chi connectivity index (χ2n) is 8.02. The summed E-state index contributed by atoms with van der Waals surface area (Å²) in [6.45, 7) is 2.75. The summed E-state index contributed by atoms with van der Waals surface area (Å²) in [7, 11) is 1.85. The first-order valence-electron chi connectivity index (χ1n) is 10.9. The van der Waals surface area contributed by atoms with Gasteiger partial charge in [-0.15, -0.1) is 0 Å². The highest BCUT2D eigenvalue weighted by atomic mass is 35.5. The van der Waals surface area contributed by atoms with Crippen LogP contribution in [0.3, 0.4) is 0 Å². The lowest BCUT2D eigenvalue weighted by Crippen LogP contribution is -3.11. The fraction of sp³-hybridized carbons (Fsp3) is 0.304. The zero-order valence-corrected chi connectivity index (χ0v) is 19.4. The first kappa shape index (κ1) is 23.7. The molecule has 0 amide bonds. The minimum Gasteiger partial charge on any atom is -1.00 e. The lowest BCUT2D eigenvalue weighted by molar-refractivity contribution is -0.888. The van der Waals surface area contributed by atoms with Gasteiger partial charge in [-0.05, 0) is 24.3 Å². The third-order valence-electron chi connectivity index (χ3n) is 5.54. The van der Waals surface area contributed by atoms with Gasteiger partial charge < -0.3 is 32.1 Å². The maximum atomic E-state index is 13.3. The fourth-order valence-electron chi connectivity index (χ4n) is 3.85. The highest BCUT2D eigenvalue weighted by molar-refractivity contribution is 5.91. The molecule has 4 heterocycles. The van der Waals surface area contributed by atoms with Gasteiger partial charge >= 0.3 is 0 Å². The van der Waals surface area contributed by atoms with E-state index in [1.54, 1.807) is 16.9 Å². The van der Waals surface area contributed by atoms with E-state index in [1.165, 1.54) is 11.2 Å². The molecule has 178 valence electrons. The van der Waals surface area contributed by atoms with Crippen molar-refractivity contribution < 1.29 is 31.2 Å². The SMILES string of the molecule is Cn1ccc(Nc2ncnc3ccc(Oc4ccc(OCC[NH+]5CC[C@@H](F)C5)cn4)cc23)n1.[Cl-]. The van der Waals surface area contributed by atoms with Crippen LogP contribution < -0.4 is 32.1 Å². The molecule has 1 unspecified atom stereocenters. The summed E-state index contributed by atoms with van der Waals surface area (Å²) < 4.78 is 26.6. The Bertz CT molecular complexity index is 1240. The van der Waals surface area contributed by atoms with Gasteiger partial charge in [-0.3, -0.25) is 4.68 Å². The topological polar surface area (TPSA) is 91.4 Å². The maximum Gasteiger partial charge on any atom is 0.219 e. The molecule has 4 aromatic rings. The summed E-state index contributed by atoms with van der Waals surface area (Å²) in [5.41, 5.74) is 0.784. The molecular weight excluding hydrogens is 461 g/mol. The molecule has 0 aliphatic carbocycles. The molecular formula is C23H25ClFN7O2. The van der Waals surface area contributed by atoms with E-state index in [0.29, 0.717) is 48.6 Å². The molecule has 1 fully saturated rings. The van der Waals surface area contributed by atoms with Crippen LogP contribution in [0.15, 0.2) is 55.1 Å². The number of halogens is 2. The monoisotopic (exact) mass is 485 g/mol. The van der Waals surface area contributed by atoms with Gasteiger partial charge in [-0.25, -0.2) is 19.3 Å². The van der Waals surface area contributed by atoms with Gasteiger partial charge in [0.05, 0.1) is 18.3 Å². The highest BCUT2D eigenvalue weighted by Crippen LogP contribution is 2.28. The Balaban J connectivity index is 0.00000274. The molecule has 0 spiro atoms. The normalized spacial score (nSPS) is 17.4. The van der Waals surface area contributed by atoms with Crippen molar-refractivity contribution >= 4 is 22.5 Å². The molecule has 0 bridgehead atoms. The first-order chi connectivity index (χ1) is 16.1. The smallest absolute Gasteiger partial charge is 0.219 e. The van der Waals surface area contributed by atoms with Crippen molar-refractivity contribution in [2.75, 3.05) is 31.6 Å². The third-order valence-corrected chi connectivity index (χ3v) is 5.54. The number of rotatable bonds is 8. The molecule has 2 N–H and O–H groups in total. The molecule has 2 atom stereocenters. The number of fused-ring (bicyclic) bond motifs is 1. The molecule has 0 radical (unpaired) electrons. The van der Waals surface area contributed by atoms with Crippen molar-refractivity contribution in [3.63, 3.8) is 0 Å². The molecule has 5 rings (SSSR count). The zero-order valence-electron chi connectivity index (χ0n) is 18.6. The Labute approximate surface area is 202 Å². The van der Waals surface area contributed by atoms with Crippen LogP contribution in [0.1, 0.15) is 6.42 Å². The maximum absolute atomic E-state index is 13.3. The van der Waals surface area contributed by atoms with Crippen LogP contribution in [-0.4, -0.2) is 57.1 Å². The Morgan fingerprint density at radius 1 is 1.15 bits per heavy atom. The minimum atomic E-state index is -0.679. The van der Waals surface area contributed by atoms with Crippen LogP contribution in [0.2, 0.25) is 0 Å². The van der Waals surface area contributed by atoms with Gasteiger partial charge in [0.15, 0.2) is 12.0 Å². The average Bonchev–Trinajstić information content (AvgIpc) is 3.43. The number of pyridine rings is 1. The van der Waals surface area contributed by atoms with Crippen LogP contribution in [0.25, 0.3) is 10.9 Å². The van der Waals surface area contributed by atoms with E-state index in [2.05, 4.69) is 25.4 Å². The van der Waals surface area contributed by atoms with Crippen molar-refractivity contribution in [1.82, 2.24) is 24.7 Å². The van der Waals surface area contributed by atoms with Crippen LogP contribution in [-0.2, 0) is 7.05 Å². The number of anilines is 2. The number of nitrogens with zero attached hydrogens (tertiary/aromatic N) is 5. The number of likely N-dealkylation sites (tertiary alicyclic amines) is 1. The van der Waals surface area contributed by atoms with Gasteiger partial charge in [0, 0.05) is 37.2 Å². The van der Waals surface area contributed by atoms with E-state index >= 15 is 0 Å². The second kappa shape index (κ2) is 10.6. The van der Waals surface area contributed by atoms with Crippen LogP contribution in [0.5, 0.6) is 17.4 Å². The van der Waals surface area contributed by atoms with Crippen molar-refractivity contribution in [3.8, 4) is 17.4 Å². The number of quaternary nitrogens is 1. The molecule has 1 saturated heterocycles. The summed E-state index contributed by atoms with van der Waals surface area (Å²) in [6.07, 6.45) is 4.96. The summed E-state index contributed by atoms with van der Waals surface area (Å²) in [5.74, 6) is 3.05. The standard InChI is InChI=1S/C23H24FN7O2.ClH/c1-30-8-7-21(29-30)28-23-19-12-17(2-4-20(19)26-15-27-23)33-22-5-3-18(13-25-22)32-11-10-31-9-6-16(24)14-31;/h2-5,7-8,12-13,15-16H,6,9-11,14H2,1H3,(H,26,27,28,29);1H/t16-;/m1./s1. The van der Waals surface area contributed by atoms with Crippen molar-refractivity contribution in [1.29, 1.82) is 0 Å². The number of aromatic nitrogens is 5. The molecule has 9 nitrogen and oxygen atoms in total. The van der Waals surface area contributed by atoms with Crippen molar-refractivity contribution in [3.05, 3.63) is 55.1 Å². The fourth-order valence-corrected chi connectivity index (χ4v) is 3.85. The number of aryl methyl sites for hydroxylation is 1. The Morgan fingerprint density at radius 2 is 2.03 bits per heavy atom. The van der Waals surface area contributed by atoms with Crippen molar-refractivity contribution in [2.45, 2.75) is 12.6 Å². The van der Waals surface area contributed by atoms with E-state index in [4.69, 9.17) is 9.47 Å². The first-order valence-corrected chi connectivity index (χ1v) is 10.9. The largest absolute Gasteiger partial charge is 1.00 e. The minimum absolute atomic E-state index is 0. The van der Waals surface area contributed by atoms with Crippen molar-refractivity contribution in [2.24, 2.45) is 7.05 Å². The number of ether oxygens (including phenoxy) is 2. The predicted octanol–water partition coefficient (Wildman–Crippen LogP) is -0.696. The third kappa shape index (κ3) is 5.70. The van der Waals surface area contributed by atoms with Crippen LogP contribution in [0.4, 0.5) is 16.0 Å². The highest BCUT2D eigenvalue weighted by Gasteiger charge is 2.25. The number of hydrogen-bond acceptors (Lipinski definition) is 7. The summed E-state index contributed by atoms with van der Waals surface area (Å²) in [6, 6.07) is 11.0. The van der Waals surface area contributed by atoms with E-state index in [-0.39, 0.29) is 12.4 Å². The lowest BCUT2D eigenvalue weighted by atomic mass is 10.2. The van der Waals surface area contributed by atoms with E-state index in [1.807, 2.05) is 43.6 Å². The van der Waals surface area contributed by atoms with Gasteiger partial charge in [0.25, 0.3) is 0 Å². The lowest BCUT2D eigenvalue weighted by Gasteiger charge is -2.13. The molecule has 1 aliphatic heterocycles. The Kier molecular flexibility index (Phi) is 7.39. The van der Waals surface area contributed by atoms with E-state index < -0.39 is 6.17 Å². The van der Waals surface area contributed by atoms with E-state index in [0.717, 1.165) is 24.0 Å². The molecule has 3 aromatic heterocycles. The molecule has 1 aromatic carbocycles. The Hall–Kier alpha value is -3.50. The van der Waals surface area contributed by atoms with Crippen LogP contribution >= 0.6 is 0 Å². The average molecular weight is 486 g/mol. The number of nitrogens with one attached hydrogen (secondary N) is 2. The zero-order chi connectivity index (χ0) is 22.6. The van der Waals surface area contributed by atoms with Gasteiger partial charge in [-0.1, -0.05) is 0 Å². The predicted molar refractivity (Wildman–Crippen MR) is 121 cm³/mol. The summed E-state index contributed by atoms with van der Waals surface area (Å²) in [5, 5.41) is 8.35. The summed E-state index contributed by atoms with van der Waals surface area (Å²) in [4.78, 5) is 14.3. The Morgan fingerprint density at radius 3 is 2.76 bits per heavy atom. The quantitative estimate of drug-likeness (QED) is 0.341. The molecule has 34 heavy (non-hydrogen) atoms. The number of benzene rings is 1. The van der Waals surface area contributed by atoms with Gasteiger partial charge in [0.1, 0.15) is 43.3 Å². The molecule has 11 heteroatoms. The number of alkyl halides is 1. The second-order valence-corrected chi connectivity index (χ2v) is 8.02. The van der Waals surface area contributed by atoms with Crippen LogP contribution in [0, 0.1) is 0 Å². The van der Waals surface area contributed by atoms with Gasteiger partial charge in [0.2, 0.25) is 5.88 Å². The molecule has 1 aliphatic rings. The van der Waals surface area contributed by atoms with Gasteiger partial charge in [-0.2, -0.15) is 5.10 Å². The summed E-state index contributed by atoms with van der Waals surface area (Å²) >= 11 is 0. The molecule has 0 saturated carbocycles. The number of hydrogen-bond donors (Lipinski definition) is 2. The van der Waals surface area contributed by atoms with E-state index in [9.17, 15) is 4.39 Å².